The summed E-state index contributed by atoms with van der Waals surface area (Å²) in [6, 6.07) is 0. The third-order valence-electron chi connectivity index (χ3n) is 4.71. The van der Waals surface area contributed by atoms with Gasteiger partial charge in [-0.1, -0.05) is 69.9 Å². The van der Waals surface area contributed by atoms with Gasteiger partial charge in [-0.2, -0.15) is 0 Å². The van der Waals surface area contributed by atoms with E-state index in [1.165, 1.54) is 70.6 Å². The molecule has 0 radical (unpaired) electrons. The zero-order chi connectivity index (χ0) is 20.7. The molecule has 0 saturated carbocycles. The van der Waals surface area contributed by atoms with Gasteiger partial charge in [0, 0.05) is 6.42 Å². The molecule has 2 N–H and O–H groups in total. The molecule has 1 amide bonds. The molecule has 5 heteroatoms. The van der Waals surface area contributed by atoms with Crippen LogP contribution in [-0.2, 0) is 14.3 Å². The van der Waals surface area contributed by atoms with Gasteiger partial charge in [0.1, 0.15) is 0 Å². The molecular weight excluding hydrogens is 354 g/mol. The van der Waals surface area contributed by atoms with Crippen LogP contribution in [0, 0.1) is 0 Å². The number of amides is 1. The summed E-state index contributed by atoms with van der Waals surface area (Å²) in [5.41, 5.74) is 5.12. The van der Waals surface area contributed by atoms with Crippen LogP contribution >= 0.6 is 0 Å². The Balaban J connectivity index is 3.14. The smallest absolute Gasteiger partial charge is 0.435 e. The molecule has 0 aromatic heterocycles. The van der Waals surface area contributed by atoms with Crippen LogP contribution in [0.2, 0.25) is 0 Å². The molecule has 0 aromatic rings. The maximum absolute atomic E-state index is 11.0. The third-order valence-corrected chi connectivity index (χ3v) is 4.71. The van der Waals surface area contributed by atoms with Crippen molar-refractivity contribution in [3.8, 4) is 0 Å². The van der Waals surface area contributed by atoms with Gasteiger partial charge in [0.2, 0.25) is 5.91 Å². The van der Waals surface area contributed by atoms with Gasteiger partial charge < -0.3 is 15.2 Å². The summed E-state index contributed by atoms with van der Waals surface area (Å²) >= 11 is 0. The average Bonchev–Trinajstić information content (AvgIpc) is 2.66. The maximum Gasteiger partial charge on any atom is 0.508 e. The number of primary amides is 1. The lowest BCUT2D eigenvalue weighted by atomic mass is 10.1. The van der Waals surface area contributed by atoms with Gasteiger partial charge >= 0.3 is 6.16 Å². The molecule has 0 heterocycles. The first-order valence-electron chi connectivity index (χ1n) is 11.4. The van der Waals surface area contributed by atoms with Crippen LogP contribution in [0.5, 0.6) is 0 Å². The fraction of sp³-hybridized carbons (Fsp3) is 0.826. The number of hydrogen-bond donors (Lipinski definition) is 1. The van der Waals surface area contributed by atoms with Crippen LogP contribution in [0.25, 0.3) is 0 Å². The van der Waals surface area contributed by atoms with Gasteiger partial charge in [-0.25, -0.2) is 4.79 Å². The van der Waals surface area contributed by atoms with Crippen molar-refractivity contribution < 1.29 is 19.1 Å². The highest BCUT2D eigenvalue weighted by atomic mass is 16.7. The highest BCUT2D eigenvalue weighted by molar-refractivity contribution is 5.73. The average molecular weight is 398 g/mol. The Morgan fingerprint density at radius 3 is 1.64 bits per heavy atom. The fourth-order valence-electron chi connectivity index (χ4n) is 3.07. The van der Waals surface area contributed by atoms with E-state index in [0.717, 1.165) is 25.7 Å². The number of carbonyl (C=O) groups is 2. The molecule has 28 heavy (non-hydrogen) atoms. The monoisotopic (exact) mass is 397 g/mol. The standard InChI is InChI=1S/C23H43NO4/c1-2-27-23(26)28-21-19-17-15-13-11-9-7-5-3-4-6-8-10-12-14-16-18-20-22(24)25/h4,6H,2-3,5,7-21H2,1H3,(H2,24,25)/b6-4-. The van der Waals surface area contributed by atoms with E-state index in [2.05, 4.69) is 12.2 Å². The summed E-state index contributed by atoms with van der Waals surface area (Å²) in [6.45, 7) is 2.62. The third kappa shape index (κ3) is 22.5. The van der Waals surface area contributed by atoms with Crippen LogP contribution in [0.1, 0.15) is 110 Å². The molecular formula is C23H43NO4. The first kappa shape index (κ1) is 26.5. The van der Waals surface area contributed by atoms with Crippen molar-refractivity contribution in [3.63, 3.8) is 0 Å². The summed E-state index contributed by atoms with van der Waals surface area (Å²) in [5.74, 6) is -0.180. The summed E-state index contributed by atoms with van der Waals surface area (Å²) in [4.78, 5) is 21.6. The predicted molar refractivity (Wildman–Crippen MR) is 115 cm³/mol. The number of hydrogen-bond acceptors (Lipinski definition) is 4. The second-order valence-electron chi connectivity index (χ2n) is 7.39. The number of carbonyl (C=O) groups excluding carboxylic acids is 2. The van der Waals surface area contributed by atoms with Crippen molar-refractivity contribution in [2.24, 2.45) is 5.73 Å². The number of allylic oxidation sites excluding steroid dienone is 2. The van der Waals surface area contributed by atoms with E-state index >= 15 is 0 Å². The largest absolute Gasteiger partial charge is 0.508 e. The Morgan fingerprint density at radius 1 is 0.679 bits per heavy atom. The number of nitrogens with two attached hydrogens (primary N) is 1. The molecule has 0 aliphatic carbocycles. The van der Waals surface area contributed by atoms with E-state index in [0.29, 0.717) is 19.6 Å². The summed E-state index contributed by atoms with van der Waals surface area (Å²) in [6.07, 6.45) is 22.5. The first-order valence-corrected chi connectivity index (χ1v) is 11.4. The van der Waals surface area contributed by atoms with Gasteiger partial charge in [-0.3, -0.25) is 4.79 Å². The zero-order valence-electron chi connectivity index (χ0n) is 18.1. The summed E-state index contributed by atoms with van der Waals surface area (Å²) in [5, 5.41) is 0. The lowest BCUT2D eigenvalue weighted by Gasteiger charge is -2.04. The summed E-state index contributed by atoms with van der Waals surface area (Å²) < 4.78 is 9.64. The van der Waals surface area contributed by atoms with Crippen molar-refractivity contribution >= 4 is 12.1 Å². The fourth-order valence-corrected chi connectivity index (χ4v) is 3.07. The molecule has 5 nitrogen and oxygen atoms in total. The molecule has 0 unspecified atom stereocenters. The lowest BCUT2D eigenvalue weighted by molar-refractivity contribution is -0.118. The Hall–Kier alpha value is -1.52. The van der Waals surface area contributed by atoms with E-state index in [1.807, 2.05) is 0 Å². The molecule has 0 aliphatic rings. The van der Waals surface area contributed by atoms with E-state index in [4.69, 9.17) is 15.2 Å². The Morgan fingerprint density at radius 2 is 1.14 bits per heavy atom. The van der Waals surface area contributed by atoms with Crippen molar-refractivity contribution in [1.82, 2.24) is 0 Å². The van der Waals surface area contributed by atoms with Gasteiger partial charge in [-0.15, -0.1) is 0 Å². The molecule has 0 fully saturated rings. The highest BCUT2D eigenvalue weighted by Gasteiger charge is 2.00. The van der Waals surface area contributed by atoms with Crippen LogP contribution in [0.15, 0.2) is 12.2 Å². The number of unbranched alkanes of at least 4 members (excludes halogenated alkanes) is 13. The molecule has 0 aliphatic heterocycles. The van der Waals surface area contributed by atoms with Gasteiger partial charge in [0.15, 0.2) is 0 Å². The van der Waals surface area contributed by atoms with Crippen LogP contribution in [0.3, 0.4) is 0 Å². The molecule has 0 rings (SSSR count). The summed E-state index contributed by atoms with van der Waals surface area (Å²) in [7, 11) is 0. The van der Waals surface area contributed by atoms with Crippen LogP contribution in [-0.4, -0.2) is 25.3 Å². The molecule has 0 bridgehead atoms. The predicted octanol–water partition coefficient (Wildman–Crippen LogP) is 6.44. The quantitative estimate of drug-likeness (QED) is 0.146. The molecule has 0 saturated heterocycles. The second-order valence-corrected chi connectivity index (χ2v) is 7.39. The number of rotatable bonds is 20. The number of ether oxygens (including phenoxy) is 2. The molecule has 0 spiro atoms. The Bertz CT molecular complexity index is 396. The maximum atomic E-state index is 11.0. The second kappa shape index (κ2) is 21.8. The highest BCUT2D eigenvalue weighted by Crippen LogP contribution is 2.11. The van der Waals surface area contributed by atoms with Crippen LogP contribution < -0.4 is 5.73 Å². The Kier molecular flexibility index (Phi) is 20.6. The van der Waals surface area contributed by atoms with Crippen molar-refractivity contribution in [3.05, 3.63) is 12.2 Å². The molecule has 164 valence electrons. The topological polar surface area (TPSA) is 78.6 Å². The van der Waals surface area contributed by atoms with E-state index in [9.17, 15) is 9.59 Å². The van der Waals surface area contributed by atoms with Gasteiger partial charge in [0.25, 0.3) is 0 Å². The minimum atomic E-state index is -0.548. The van der Waals surface area contributed by atoms with Crippen molar-refractivity contribution in [1.29, 1.82) is 0 Å². The minimum Gasteiger partial charge on any atom is -0.435 e. The molecule has 0 aromatic carbocycles. The van der Waals surface area contributed by atoms with E-state index in [-0.39, 0.29) is 5.91 Å². The van der Waals surface area contributed by atoms with E-state index < -0.39 is 6.16 Å². The van der Waals surface area contributed by atoms with Crippen LogP contribution in [0.4, 0.5) is 4.79 Å². The first-order chi connectivity index (χ1) is 13.7. The normalized spacial score (nSPS) is 11.0. The van der Waals surface area contributed by atoms with Crippen molar-refractivity contribution in [2.75, 3.05) is 13.2 Å². The SMILES string of the molecule is CCOC(=O)OCCCCCCCCCC/C=C\CCCCCCCC(N)=O. The Labute approximate surface area is 172 Å². The minimum absolute atomic E-state index is 0.180. The zero-order valence-corrected chi connectivity index (χ0v) is 18.1. The van der Waals surface area contributed by atoms with E-state index in [1.54, 1.807) is 6.92 Å². The molecule has 0 atom stereocenters. The van der Waals surface area contributed by atoms with Gasteiger partial charge in [-0.05, 0) is 45.4 Å². The van der Waals surface area contributed by atoms with Gasteiger partial charge in [0.05, 0.1) is 13.2 Å². The van der Waals surface area contributed by atoms with Crippen molar-refractivity contribution in [2.45, 2.75) is 110 Å². The lowest BCUT2D eigenvalue weighted by Crippen LogP contribution is -2.09.